The Hall–Kier alpha value is -1.26. The fraction of sp³-hybridized carbons (Fsp3) is 0.857. The van der Waals surface area contributed by atoms with Gasteiger partial charge < -0.3 is 15.5 Å². The molecule has 3 aliphatic rings. The topological polar surface area (TPSA) is 61.4 Å². The zero-order chi connectivity index (χ0) is 13.2. The number of piperazine rings is 1. The molecule has 3 atom stereocenters. The van der Waals surface area contributed by atoms with E-state index in [4.69, 9.17) is 0 Å². The van der Waals surface area contributed by atoms with E-state index in [0.717, 1.165) is 30.7 Å². The van der Waals surface area contributed by atoms with E-state index in [2.05, 4.69) is 10.6 Å². The molecule has 19 heavy (non-hydrogen) atoms. The molecule has 5 heteroatoms. The number of hydrogen-bond acceptors (Lipinski definition) is 2. The minimum absolute atomic E-state index is 0.0606. The molecule has 1 aliphatic heterocycles. The third-order valence-electron chi connectivity index (χ3n) is 5.00. The molecule has 106 valence electrons. The van der Waals surface area contributed by atoms with Gasteiger partial charge in [0.2, 0.25) is 5.91 Å². The van der Waals surface area contributed by atoms with Gasteiger partial charge in [-0.1, -0.05) is 6.42 Å². The van der Waals surface area contributed by atoms with Gasteiger partial charge in [-0.05, 0) is 43.4 Å². The molecule has 0 radical (unpaired) electrons. The van der Waals surface area contributed by atoms with Gasteiger partial charge in [-0.15, -0.1) is 0 Å². The quantitative estimate of drug-likeness (QED) is 0.798. The molecule has 0 spiro atoms. The molecule has 3 fully saturated rings. The summed E-state index contributed by atoms with van der Waals surface area (Å²) < 4.78 is 0. The Balaban J connectivity index is 1.37. The van der Waals surface area contributed by atoms with Gasteiger partial charge in [0.25, 0.3) is 0 Å². The van der Waals surface area contributed by atoms with Crippen LogP contribution in [0.3, 0.4) is 0 Å². The van der Waals surface area contributed by atoms with E-state index in [-0.39, 0.29) is 18.5 Å². The number of rotatable bonds is 3. The summed E-state index contributed by atoms with van der Waals surface area (Å²) in [6, 6.07) is -0.0852. The lowest BCUT2D eigenvalue weighted by molar-refractivity contribution is -0.123. The predicted octanol–water partition coefficient (Wildman–Crippen LogP) is 0.954. The SMILES string of the molecule is O=C1CN(C(=O)NCC[C@H]2C[C@H]3CC[C@H]2C3)CCN1. The van der Waals surface area contributed by atoms with E-state index in [0.29, 0.717) is 13.1 Å². The third-order valence-corrected chi connectivity index (χ3v) is 5.00. The van der Waals surface area contributed by atoms with Crippen molar-refractivity contribution in [2.45, 2.75) is 32.1 Å². The maximum Gasteiger partial charge on any atom is 0.317 e. The number of nitrogens with one attached hydrogen (secondary N) is 2. The van der Waals surface area contributed by atoms with E-state index in [1.807, 2.05) is 0 Å². The molecule has 2 bridgehead atoms. The number of hydrogen-bond donors (Lipinski definition) is 2. The van der Waals surface area contributed by atoms with Crippen molar-refractivity contribution in [1.29, 1.82) is 0 Å². The maximum absolute atomic E-state index is 11.9. The molecule has 0 aromatic carbocycles. The largest absolute Gasteiger partial charge is 0.353 e. The summed E-state index contributed by atoms with van der Waals surface area (Å²) in [7, 11) is 0. The van der Waals surface area contributed by atoms with Crippen LogP contribution >= 0.6 is 0 Å². The van der Waals surface area contributed by atoms with Crippen molar-refractivity contribution in [2.24, 2.45) is 17.8 Å². The fourth-order valence-electron chi connectivity index (χ4n) is 4.02. The Kier molecular flexibility index (Phi) is 3.62. The second kappa shape index (κ2) is 5.39. The van der Waals surface area contributed by atoms with Crippen LogP contribution in [0.4, 0.5) is 4.79 Å². The second-order valence-corrected chi connectivity index (χ2v) is 6.23. The average Bonchev–Trinajstić information content (AvgIpc) is 3.01. The highest BCUT2D eigenvalue weighted by molar-refractivity contribution is 5.85. The van der Waals surface area contributed by atoms with Gasteiger partial charge in [0.05, 0.1) is 0 Å². The van der Waals surface area contributed by atoms with Crippen molar-refractivity contribution in [3.05, 3.63) is 0 Å². The van der Waals surface area contributed by atoms with Crippen molar-refractivity contribution in [3.8, 4) is 0 Å². The number of fused-ring (bicyclic) bond motifs is 2. The highest BCUT2D eigenvalue weighted by Crippen LogP contribution is 2.49. The van der Waals surface area contributed by atoms with Crippen LogP contribution in [0.1, 0.15) is 32.1 Å². The Morgan fingerprint density at radius 1 is 1.37 bits per heavy atom. The van der Waals surface area contributed by atoms with Gasteiger partial charge in [-0.3, -0.25) is 4.79 Å². The first-order chi connectivity index (χ1) is 9.22. The summed E-state index contributed by atoms with van der Waals surface area (Å²) >= 11 is 0. The van der Waals surface area contributed by atoms with Crippen molar-refractivity contribution in [2.75, 3.05) is 26.2 Å². The molecule has 1 heterocycles. The second-order valence-electron chi connectivity index (χ2n) is 6.23. The minimum atomic E-state index is -0.0852. The first-order valence-electron chi connectivity index (χ1n) is 7.52. The van der Waals surface area contributed by atoms with Gasteiger partial charge in [0.15, 0.2) is 0 Å². The van der Waals surface area contributed by atoms with Crippen LogP contribution < -0.4 is 10.6 Å². The standard InChI is InChI=1S/C14H23N3O2/c18-13-9-17(6-5-15-13)14(19)16-4-3-12-8-10-1-2-11(12)7-10/h10-12H,1-9H2,(H,15,18)(H,16,19)/t10-,11-,12-/m0/s1. The van der Waals surface area contributed by atoms with E-state index in [1.165, 1.54) is 25.7 Å². The molecule has 0 unspecified atom stereocenters. The molecular formula is C14H23N3O2. The number of nitrogens with zero attached hydrogens (tertiary/aromatic N) is 1. The summed E-state index contributed by atoms with van der Waals surface area (Å²) in [6.07, 6.45) is 6.72. The molecule has 0 aromatic heterocycles. The maximum atomic E-state index is 11.9. The van der Waals surface area contributed by atoms with Crippen molar-refractivity contribution >= 4 is 11.9 Å². The molecular weight excluding hydrogens is 242 g/mol. The van der Waals surface area contributed by atoms with Crippen LogP contribution in [-0.4, -0.2) is 43.0 Å². The molecule has 3 rings (SSSR count). The number of carbonyl (C=O) groups is 2. The van der Waals surface area contributed by atoms with Crippen LogP contribution in [-0.2, 0) is 4.79 Å². The summed E-state index contributed by atoms with van der Waals surface area (Å²) in [5, 5.41) is 5.69. The van der Waals surface area contributed by atoms with Crippen LogP contribution in [0.15, 0.2) is 0 Å². The predicted molar refractivity (Wildman–Crippen MR) is 71.5 cm³/mol. The molecule has 2 N–H and O–H groups in total. The Morgan fingerprint density at radius 2 is 2.26 bits per heavy atom. The summed E-state index contributed by atoms with van der Waals surface area (Å²) in [6.45, 7) is 2.13. The molecule has 5 nitrogen and oxygen atoms in total. The molecule has 1 saturated heterocycles. The average molecular weight is 265 g/mol. The van der Waals surface area contributed by atoms with Crippen LogP contribution in [0.2, 0.25) is 0 Å². The Bertz CT molecular complexity index is 372. The first kappa shape index (κ1) is 12.8. The van der Waals surface area contributed by atoms with Crippen molar-refractivity contribution in [3.63, 3.8) is 0 Å². The first-order valence-corrected chi connectivity index (χ1v) is 7.52. The smallest absolute Gasteiger partial charge is 0.317 e. The monoisotopic (exact) mass is 265 g/mol. The third kappa shape index (κ3) is 2.85. The van der Waals surface area contributed by atoms with Gasteiger partial charge >= 0.3 is 6.03 Å². The Labute approximate surface area is 114 Å². The van der Waals surface area contributed by atoms with Gasteiger partial charge in [0, 0.05) is 19.6 Å². The van der Waals surface area contributed by atoms with Crippen LogP contribution in [0.5, 0.6) is 0 Å². The summed E-state index contributed by atoms with van der Waals surface area (Å²) in [5.74, 6) is 2.65. The van der Waals surface area contributed by atoms with Gasteiger partial charge in [0.1, 0.15) is 6.54 Å². The lowest BCUT2D eigenvalue weighted by Crippen LogP contribution is -2.53. The fourth-order valence-corrected chi connectivity index (χ4v) is 4.02. The van der Waals surface area contributed by atoms with Gasteiger partial charge in [-0.2, -0.15) is 0 Å². The van der Waals surface area contributed by atoms with E-state index in [1.54, 1.807) is 4.90 Å². The normalized spacial score (nSPS) is 33.4. The molecule has 2 aliphatic carbocycles. The summed E-state index contributed by atoms with van der Waals surface area (Å²) in [4.78, 5) is 24.7. The number of carbonyl (C=O) groups excluding carboxylic acids is 2. The lowest BCUT2D eigenvalue weighted by atomic mass is 9.86. The highest BCUT2D eigenvalue weighted by Gasteiger charge is 2.38. The van der Waals surface area contributed by atoms with Gasteiger partial charge in [-0.25, -0.2) is 4.79 Å². The van der Waals surface area contributed by atoms with Crippen molar-refractivity contribution < 1.29 is 9.59 Å². The number of urea groups is 1. The van der Waals surface area contributed by atoms with Crippen molar-refractivity contribution in [1.82, 2.24) is 15.5 Å². The van der Waals surface area contributed by atoms with E-state index in [9.17, 15) is 9.59 Å². The Morgan fingerprint density at radius 3 is 2.95 bits per heavy atom. The highest BCUT2D eigenvalue weighted by atomic mass is 16.2. The van der Waals surface area contributed by atoms with Crippen LogP contribution in [0, 0.1) is 17.8 Å². The van der Waals surface area contributed by atoms with E-state index < -0.39 is 0 Å². The summed E-state index contributed by atoms with van der Waals surface area (Å²) in [5.41, 5.74) is 0. The molecule has 2 saturated carbocycles. The molecule has 0 aromatic rings. The zero-order valence-corrected chi connectivity index (χ0v) is 11.4. The minimum Gasteiger partial charge on any atom is -0.353 e. The van der Waals surface area contributed by atoms with E-state index >= 15 is 0 Å². The molecule has 3 amide bonds. The number of amides is 3. The lowest BCUT2D eigenvalue weighted by Gasteiger charge is -2.27. The van der Waals surface area contributed by atoms with Crippen LogP contribution in [0.25, 0.3) is 0 Å². The zero-order valence-electron chi connectivity index (χ0n) is 11.4.